The van der Waals surface area contributed by atoms with E-state index < -0.39 is 11.6 Å². The van der Waals surface area contributed by atoms with Crippen molar-refractivity contribution in [3.05, 3.63) is 0 Å². The van der Waals surface area contributed by atoms with Gasteiger partial charge in [0.05, 0.1) is 12.3 Å². The second-order valence-corrected chi connectivity index (χ2v) is 8.11. The van der Waals surface area contributed by atoms with Crippen LogP contribution in [0.5, 0.6) is 0 Å². The summed E-state index contributed by atoms with van der Waals surface area (Å²) >= 11 is 0. The number of nitrogens with zero attached hydrogens (tertiary/aromatic N) is 2. The number of likely N-dealkylation sites (tertiary alicyclic amines) is 2. The molecule has 0 aromatic rings. The predicted octanol–water partition coefficient (Wildman–Crippen LogP) is 2.35. The Bertz CT molecular complexity index is 506. The molecule has 0 bridgehead atoms. The number of hydrogen-bond donors (Lipinski definition) is 1. The number of ether oxygens (including phenoxy) is 1. The Morgan fingerprint density at radius 3 is 2.36 bits per heavy atom. The van der Waals surface area contributed by atoms with Gasteiger partial charge in [-0.2, -0.15) is 0 Å². The van der Waals surface area contributed by atoms with Crippen molar-refractivity contribution in [1.82, 2.24) is 9.80 Å². The fraction of sp³-hybridized carbons (Fsp3) is 0.833. The van der Waals surface area contributed by atoms with Gasteiger partial charge in [0.1, 0.15) is 5.60 Å². The molecule has 0 spiro atoms. The molecule has 2 aliphatic rings. The standard InChI is InChI=1S/C18H30N2O5/c1-18(2,3)25-17(24)20-9-5-13(6-10-20)4-8-19-11-7-14(16(19)23)12-15(21)22/h13-14H,4-12H2,1-3H3,(H,21,22). The zero-order chi connectivity index (χ0) is 18.6. The molecule has 7 heteroatoms. The number of carboxylic acid groups (broad SMARTS) is 1. The van der Waals surface area contributed by atoms with E-state index in [1.54, 1.807) is 9.80 Å². The third-order valence-corrected chi connectivity index (χ3v) is 4.90. The minimum atomic E-state index is -0.908. The molecule has 2 fully saturated rings. The lowest BCUT2D eigenvalue weighted by Gasteiger charge is -2.34. The minimum absolute atomic E-state index is 0.0198. The van der Waals surface area contributed by atoms with Crippen LogP contribution in [0.1, 0.15) is 52.9 Å². The van der Waals surface area contributed by atoms with Crippen molar-refractivity contribution in [2.75, 3.05) is 26.2 Å². The van der Waals surface area contributed by atoms with Gasteiger partial charge in [-0.05, 0) is 52.4 Å². The summed E-state index contributed by atoms with van der Waals surface area (Å²) < 4.78 is 5.40. The van der Waals surface area contributed by atoms with Crippen LogP contribution in [0.3, 0.4) is 0 Å². The van der Waals surface area contributed by atoms with Gasteiger partial charge < -0.3 is 19.6 Å². The Kier molecular flexibility index (Phi) is 6.30. The van der Waals surface area contributed by atoms with Crippen molar-refractivity contribution in [2.24, 2.45) is 11.8 Å². The van der Waals surface area contributed by atoms with Crippen LogP contribution in [0, 0.1) is 11.8 Å². The lowest BCUT2D eigenvalue weighted by molar-refractivity contribution is -0.142. The van der Waals surface area contributed by atoms with Gasteiger partial charge in [0.25, 0.3) is 0 Å². The summed E-state index contributed by atoms with van der Waals surface area (Å²) in [6, 6.07) is 0. The van der Waals surface area contributed by atoms with Crippen molar-refractivity contribution < 1.29 is 24.2 Å². The number of amides is 2. The van der Waals surface area contributed by atoms with E-state index in [9.17, 15) is 14.4 Å². The largest absolute Gasteiger partial charge is 0.481 e. The molecule has 1 unspecified atom stereocenters. The Morgan fingerprint density at radius 2 is 1.80 bits per heavy atom. The Hall–Kier alpha value is -1.79. The summed E-state index contributed by atoms with van der Waals surface area (Å²) in [6.45, 7) is 8.32. The first kappa shape index (κ1) is 19.5. The maximum Gasteiger partial charge on any atom is 0.410 e. The fourth-order valence-corrected chi connectivity index (χ4v) is 3.49. The van der Waals surface area contributed by atoms with Crippen molar-refractivity contribution >= 4 is 18.0 Å². The van der Waals surface area contributed by atoms with Gasteiger partial charge in [-0.25, -0.2) is 4.79 Å². The van der Waals surface area contributed by atoms with E-state index in [4.69, 9.17) is 9.84 Å². The first-order chi connectivity index (χ1) is 11.7. The molecule has 25 heavy (non-hydrogen) atoms. The van der Waals surface area contributed by atoms with Crippen LogP contribution in [0.2, 0.25) is 0 Å². The molecular weight excluding hydrogens is 324 g/mol. The van der Waals surface area contributed by atoms with Gasteiger partial charge in [0, 0.05) is 26.2 Å². The van der Waals surface area contributed by atoms with Crippen LogP contribution in [-0.2, 0) is 14.3 Å². The number of carboxylic acids is 1. The monoisotopic (exact) mass is 354 g/mol. The molecule has 2 rings (SSSR count). The van der Waals surface area contributed by atoms with E-state index in [-0.39, 0.29) is 24.3 Å². The van der Waals surface area contributed by atoms with Gasteiger partial charge in [-0.3, -0.25) is 9.59 Å². The van der Waals surface area contributed by atoms with Crippen LogP contribution in [0.4, 0.5) is 4.79 Å². The van der Waals surface area contributed by atoms with Crippen molar-refractivity contribution in [3.8, 4) is 0 Å². The van der Waals surface area contributed by atoms with E-state index in [2.05, 4.69) is 0 Å². The summed E-state index contributed by atoms with van der Waals surface area (Å²) in [7, 11) is 0. The van der Waals surface area contributed by atoms with E-state index in [0.717, 1.165) is 19.3 Å². The average Bonchev–Trinajstić information content (AvgIpc) is 2.84. The molecule has 2 amide bonds. The summed E-state index contributed by atoms with van der Waals surface area (Å²) in [5.41, 5.74) is -0.476. The van der Waals surface area contributed by atoms with E-state index in [1.165, 1.54) is 0 Å². The molecular formula is C18H30N2O5. The zero-order valence-electron chi connectivity index (χ0n) is 15.5. The van der Waals surface area contributed by atoms with Gasteiger partial charge >= 0.3 is 12.1 Å². The molecule has 2 aliphatic heterocycles. The SMILES string of the molecule is CC(C)(C)OC(=O)N1CCC(CCN2CCC(CC(=O)O)C2=O)CC1. The van der Waals surface area contributed by atoms with Crippen LogP contribution >= 0.6 is 0 Å². The second kappa shape index (κ2) is 8.06. The number of hydrogen-bond acceptors (Lipinski definition) is 4. The van der Waals surface area contributed by atoms with Crippen LogP contribution in [-0.4, -0.2) is 64.7 Å². The summed E-state index contributed by atoms with van der Waals surface area (Å²) in [5, 5.41) is 8.84. The lowest BCUT2D eigenvalue weighted by Crippen LogP contribution is -2.42. The first-order valence-corrected chi connectivity index (χ1v) is 9.14. The molecule has 2 heterocycles. The van der Waals surface area contributed by atoms with Crippen LogP contribution in [0.15, 0.2) is 0 Å². The van der Waals surface area contributed by atoms with E-state index in [1.807, 2.05) is 20.8 Å². The maximum absolute atomic E-state index is 12.2. The van der Waals surface area contributed by atoms with Gasteiger partial charge in [0.2, 0.25) is 5.91 Å². The third kappa shape index (κ3) is 5.90. The maximum atomic E-state index is 12.2. The van der Waals surface area contributed by atoms with Gasteiger partial charge in [0.15, 0.2) is 0 Å². The highest BCUT2D eigenvalue weighted by Gasteiger charge is 2.33. The number of carbonyl (C=O) groups excluding carboxylic acids is 2. The molecule has 1 N–H and O–H groups in total. The normalized spacial score (nSPS) is 22.4. The molecule has 0 aromatic heterocycles. The smallest absolute Gasteiger partial charge is 0.410 e. The predicted molar refractivity (Wildman–Crippen MR) is 92.1 cm³/mol. The van der Waals surface area contributed by atoms with Gasteiger partial charge in [-0.1, -0.05) is 0 Å². The molecule has 0 saturated carbocycles. The third-order valence-electron chi connectivity index (χ3n) is 4.90. The number of rotatable bonds is 5. The molecule has 0 aromatic carbocycles. The Labute approximate surface area is 149 Å². The molecule has 7 nitrogen and oxygen atoms in total. The average molecular weight is 354 g/mol. The number of piperidine rings is 1. The van der Waals surface area contributed by atoms with Crippen LogP contribution in [0.25, 0.3) is 0 Å². The topological polar surface area (TPSA) is 87.2 Å². The molecule has 0 radical (unpaired) electrons. The highest BCUT2D eigenvalue weighted by molar-refractivity contribution is 5.84. The zero-order valence-corrected chi connectivity index (χ0v) is 15.5. The molecule has 0 aliphatic carbocycles. The number of aliphatic carboxylic acids is 1. The Morgan fingerprint density at radius 1 is 1.16 bits per heavy atom. The van der Waals surface area contributed by atoms with Crippen molar-refractivity contribution in [2.45, 2.75) is 58.5 Å². The molecule has 1 atom stereocenters. The summed E-state index contributed by atoms with van der Waals surface area (Å²) in [5.74, 6) is -0.792. The van der Waals surface area contributed by atoms with E-state index >= 15 is 0 Å². The quantitative estimate of drug-likeness (QED) is 0.819. The highest BCUT2D eigenvalue weighted by atomic mass is 16.6. The minimum Gasteiger partial charge on any atom is -0.481 e. The molecule has 2 saturated heterocycles. The lowest BCUT2D eigenvalue weighted by atomic mass is 9.93. The fourth-order valence-electron chi connectivity index (χ4n) is 3.49. The first-order valence-electron chi connectivity index (χ1n) is 9.14. The van der Waals surface area contributed by atoms with Crippen molar-refractivity contribution in [3.63, 3.8) is 0 Å². The van der Waals surface area contributed by atoms with Gasteiger partial charge in [-0.15, -0.1) is 0 Å². The number of carbonyl (C=O) groups is 3. The highest BCUT2D eigenvalue weighted by Crippen LogP contribution is 2.26. The van der Waals surface area contributed by atoms with Crippen molar-refractivity contribution in [1.29, 1.82) is 0 Å². The van der Waals surface area contributed by atoms with Crippen LogP contribution < -0.4 is 0 Å². The Balaban J connectivity index is 1.70. The summed E-state index contributed by atoms with van der Waals surface area (Å²) in [6.07, 6.45) is 3.07. The second-order valence-electron chi connectivity index (χ2n) is 8.11. The summed E-state index contributed by atoms with van der Waals surface area (Å²) in [4.78, 5) is 38.6. The van der Waals surface area contributed by atoms with E-state index in [0.29, 0.717) is 38.5 Å². The molecule has 142 valence electrons.